The molecule has 0 aliphatic carbocycles. The van der Waals surface area contributed by atoms with Gasteiger partial charge in [-0.15, -0.1) is 0 Å². The van der Waals surface area contributed by atoms with Crippen molar-refractivity contribution in [1.82, 2.24) is 19.8 Å². The Balaban J connectivity index is 2.14. The van der Waals surface area contributed by atoms with E-state index in [9.17, 15) is 8.42 Å². The van der Waals surface area contributed by atoms with Crippen LogP contribution in [0.2, 0.25) is 0 Å². The summed E-state index contributed by atoms with van der Waals surface area (Å²) in [4.78, 5) is 0.293. The number of H-pyrrole nitrogens is 1. The van der Waals surface area contributed by atoms with Crippen LogP contribution < -0.4 is 5.32 Å². The maximum Gasteiger partial charge on any atom is 0.246 e. The molecular formula is C12H22N4O2S. The van der Waals surface area contributed by atoms with Crippen LogP contribution in [0.4, 0.5) is 0 Å². The van der Waals surface area contributed by atoms with E-state index in [1.165, 1.54) is 6.20 Å². The van der Waals surface area contributed by atoms with Crippen molar-refractivity contribution < 1.29 is 8.42 Å². The Kier molecular flexibility index (Phi) is 4.27. The van der Waals surface area contributed by atoms with Crippen molar-refractivity contribution in [2.75, 3.05) is 19.6 Å². The quantitative estimate of drug-likeness (QED) is 0.855. The maximum absolute atomic E-state index is 12.5. The zero-order valence-electron chi connectivity index (χ0n) is 11.7. The molecule has 7 heteroatoms. The number of hydrogen-bond donors (Lipinski definition) is 2. The van der Waals surface area contributed by atoms with Crippen molar-refractivity contribution in [3.8, 4) is 0 Å². The van der Waals surface area contributed by atoms with Gasteiger partial charge in [0.25, 0.3) is 0 Å². The van der Waals surface area contributed by atoms with Gasteiger partial charge in [0.15, 0.2) is 0 Å². The first-order valence-corrected chi connectivity index (χ1v) is 8.14. The minimum atomic E-state index is -3.41. The summed E-state index contributed by atoms with van der Waals surface area (Å²) in [5, 5.41) is 9.90. The van der Waals surface area contributed by atoms with Crippen LogP contribution in [0, 0.1) is 12.8 Å². The summed E-state index contributed by atoms with van der Waals surface area (Å²) in [6.07, 6.45) is 2.25. The molecule has 1 saturated heterocycles. The van der Waals surface area contributed by atoms with Gasteiger partial charge in [-0.2, -0.15) is 9.40 Å². The highest BCUT2D eigenvalue weighted by Crippen LogP contribution is 2.24. The third kappa shape index (κ3) is 2.82. The Morgan fingerprint density at radius 1 is 1.58 bits per heavy atom. The molecule has 1 aromatic rings. The highest BCUT2D eigenvalue weighted by atomic mass is 32.2. The van der Waals surface area contributed by atoms with Gasteiger partial charge in [-0.1, -0.05) is 13.8 Å². The fraction of sp³-hybridized carbons (Fsp3) is 0.750. The second kappa shape index (κ2) is 5.60. The van der Waals surface area contributed by atoms with E-state index in [1.807, 2.05) is 0 Å². The lowest BCUT2D eigenvalue weighted by atomic mass is 9.95. The summed E-state index contributed by atoms with van der Waals surface area (Å²) in [5.74, 6) is 0.315. The standard InChI is InChI=1S/C12H22N4O2S/c1-4-13-11-5-6-16(8-9(11)2)19(17,18)12-7-14-15-10(12)3/h7,9,11,13H,4-6,8H2,1-3H3,(H,14,15). The number of aromatic nitrogens is 2. The fourth-order valence-corrected chi connectivity index (χ4v) is 4.30. The molecule has 2 heterocycles. The zero-order valence-corrected chi connectivity index (χ0v) is 12.5. The van der Waals surface area contributed by atoms with E-state index in [1.54, 1.807) is 11.2 Å². The van der Waals surface area contributed by atoms with Crippen LogP contribution >= 0.6 is 0 Å². The normalized spacial score (nSPS) is 25.6. The molecule has 0 amide bonds. The molecule has 0 bridgehead atoms. The molecule has 0 saturated carbocycles. The Bertz CT molecular complexity index is 526. The topological polar surface area (TPSA) is 78.1 Å². The van der Waals surface area contributed by atoms with Crippen molar-refractivity contribution in [1.29, 1.82) is 0 Å². The smallest absolute Gasteiger partial charge is 0.246 e. The molecule has 1 aliphatic rings. The predicted molar refractivity (Wildman–Crippen MR) is 73.3 cm³/mol. The van der Waals surface area contributed by atoms with Gasteiger partial charge in [0.1, 0.15) is 4.90 Å². The highest BCUT2D eigenvalue weighted by molar-refractivity contribution is 7.89. The number of nitrogens with zero attached hydrogens (tertiary/aromatic N) is 2. The molecule has 2 atom stereocenters. The van der Waals surface area contributed by atoms with Crippen LogP contribution in [-0.4, -0.2) is 48.6 Å². The average Bonchev–Trinajstić information content (AvgIpc) is 2.79. The largest absolute Gasteiger partial charge is 0.314 e. The van der Waals surface area contributed by atoms with Crippen molar-refractivity contribution in [3.63, 3.8) is 0 Å². The van der Waals surface area contributed by atoms with E-state index >= 15 is 0 Å². The average molecular weight is 286 g/mol. The van der Waals surface area contributed by atoms with Gasteiger partial charge < -0.3 is 5.32 Å². The maximum atomic E-state index is 12.5. The first-order chi connectivity index (χ1) is 8.96. The minimum absolute atomic E-state index is 0.293. The van der Waals surface area contributed by atoms with Gasteiger partial charge in [0.05, 0.1) is 11.9 Å². The van der Waals surface area contributed by atoms with Gasteiger partial charge in [0, 0.05) is 19.1 Å². The second-order valence-corrected chi connectivity index (χ2v) is 7.06. The first kappa shape index (κ1) is 14.5. The monoisotopic (exact) mass is 286 g/mol. The van der Waals surface area contributed by atoms with Crippen molar-refractivity contribution in [3.05, 3.63) is 11.9 Å². The van der Waals surface area contributed by atoms with E-state index in [2.05, 4.69) is 29.4 Å². The SMILES string of the molecule is CCNC1CCN(S(=O)(=O)c2cn[nH]c2C)CC1C. The third-order valence-corrected chi connectivity index (χ3v) is 5.71. The summed E-state index contributed by atoms with van der Waals surface area (Å²) in [6, 6.07) is 0.405. The van der Waals surface area contributed by atoms with Crippen LogP contribution in [0.15, 0.2) is 11.1 Å². The van der Waals surface area contributed by atoms with E-state index in [0.29, 0.717) is 35.6 Å². The Morgan fingerprint density at radius 3 is 2.84 bits per heavy atom. The third-order valence-electron chi connectivity index (χ3n) is 3.74. The lowest BCUT2D eigenvalue weighted by Gasteiger charge is -2.36. The summed E-state index contributed by atoms with van der Waals surface area (Å²) in [6.45, 7) is 7.94. The number of nitrogens with one attached hydrogen (secondary N) is 2. The zero-order chi connectivity index (χ0) is 14.0. The van der Waals surface area contributed by atoms with Crippen LogP contribution in [0.3, 0.4) is 0 Å². The van der Waals surface area contributed by atoms with Crippen molar-refractivity contribution in [2.24, 2.45) is 5.92 Å². The van der Waals surface area contributed by atoms with Gasteiger partial charge >= 0.3 is 0 Å². The molecule has 1 fully saturated rings. The number of sulfonamides is 1. The number of rotatable bonds is 4. The van der Waals surface area contributed by atoms with Crippen LogP contribution in [0.25, 0.3) is 0 Å². The molecule has 19 heavy (non-hydrogen) atoms. The molecule has 1 aromatic heterocycles. The van der Waals surface area contributed by atoms with Gasteiger partial charge in [0.2, 0.25) is 10.0 Å². The summed E-state index contributed by atoms with van der Waals surface area (Å²) in [5.41, 5.74) is 0.599. The molecule has 0 radical (unpaired) electrons. The molecular weight excluding hydrogens is 264 g/mol. The van der Waals surface area contributed by atoms with Gasteiger partial charge in [-0.3, -0.25) is 5.10 Å². The Labute approximate surface area is 114 Å². The summed E-state index contributed by atoms with van der Waals surface area (Å²) >= 11 is 0. The van der Waals surface area contributed by atoms with Crippen LogP contribution in [0.1, 0.15) is 26.0 Å². The van der Waals surface area contributed by atoms with E-state index in [0.717, 1.165) is 13.0 Å². The van der Waals surface area contributed by atoms with Gasteiger partial charge in [-0.25, -0.2) is 8.42 Å². The molecule has 6 nitrogen and oxygen atoms in total. The fourth-order valence-electron chi connectivity index (χ4n) is 2.63. The Hall–Kier alpha value is -0.920. The minimum Gasteiger partial charge on any atom is -0.314 e. The highest BCUT2D eigenvalue weighted by Gasteiger charge is 2.34. The van der Waals surface area contributed by atoms with E-state index in [-0.39, 0.29) is 0 Å². The molecule has 2 unspecified atom stereocenters. The van der Waals surface area contributed by atoms with Gasteiger partial charge in [-0.05, 0) is 25.8 Å². The second-order valence-electron chi connectivity index (χ2n) is 5.15. The van der Waals surface area contributed by atoms with Crippen LogP contribution in [0.5, 0.6) is 0 Å². The molecule has 2 rings (SSSR count). The Morgan fingerprint density at radius 2 is 2.32 bits per heavy atom. The number of aryl methyl sites for hydroxylation is 1. The number of aromatic amines is 1. The van der Waals surface area contributed by atoms with E-state index < -0.39 is 10.0 Å². The lowest BCUT2D eigenvalue weighted by Crippen LogP contribution is -2.50. The van der Waals surface area contributed by atoms with Crippen LogP contribution in [-0.2, 0) is 10.0 Å². The summed E-state index contributed by atoms with van der Waals surface area (Å²) < 4.78 is 26.6. The molecule has 2 N–H and O–H groups in total. The first-order valence-electron chi connectivity index (χ1n) is 6.70. The van der Waals surface area contributed by atoms with Crippen molar-refractivity contribution >= 4 is 10.0 Å². The molecule has 0 aromatic carbocycles. The number of piperidine rings is 1. The molecule has 1 aliphatic heterocycles. The van der Waals surface area contributed by atoms with E-state index in [4.69, 9.17) is 0 Å². The lowest BCUT2D eigenvalue weighted by molar-refractivity contribution is 0.222. The molecule has 0 spiro atoms. The summed E-state index contributed by atoms with van der Waals surface area (Å²) in [7, 11) is -3.41. The molecule has 108 valence electrons. The number of hydrogen-bond acceptors (Lipinski definition) is 4. The van der Waals surface area contributed by atoms with Crippen molar-refractivity contribution in [2.45, 2.75) is 38.1 Å². The predicted octanol–water partition coefficient (Wildman–Crippen LogP) is 0.727.